The van der Waals surface area contributed by atoms with Gasteiger partial charge in [-0.1, -0.05) is 30.3 Å². The molecule has 78 valence electrons. The van der Waals surface area contributed by atoms with E-state index in [4.69, 9.17) is 10.7 Å². The third-order valence-electron chi connectivity index (χ3n) is 2.29. The molecule has 1 aromatic heterocycles. The molecule has 2 rings (SSSR count). The van der Waals surface area contributed by atoms with Crippen molar-refractivity contribution in [2.24, 2.45) is 5.90 Å². The van der Waals surface area contributed by atoms with Gasteiger partial charge in [-0.3, -0.25) is 4.84 Å². The van der Waals surface area contributed by atoms with Crippen molar-refractivity contribution in [3.8, 4) is 10.4 Å². The molecule has 0 bridgehead atoms. The zero-order valence-electron chi connectivity index (χ0n) is 8.51. The van der Waals surface area contributed by atoms with Crippen LogP contribution < -0.4 is 5.90 Å². The number of benzene rings is 1. The Kier molecular flexibility index (Phi) is 3.16. The van der Waals surface area contributed by atoms with Crippen molar-refractivity contribution in [2.45, 2.75) is 13.0 Å². The SMILES string of the molecule is CC(ON)c1ccc(-c2ccccc2)s1. The molecule has 2 N–H and O–H groups in total. The van der Waals surface area contributed by atoms with Gasteiger partial charge >= 0.3 is 0 Å². The van der Waals surface area contributed by atoms with Crippen LogP contribution in [0.2, 0.25) is 0 Å². The number of rotatable bonds is 3. The molecule has 0 spiro atoms. The largest absolute Gasteiger partial charge is 0.296 e. The maximum atomic E-state index is 5.16. The van der Waals surface area contributed by atoms with E-state index in [0.717, 1.165) is 4.88 Å². The Hall–Kier alpha value is -1.16. The van der Waals surface area contributed by atoms with E-state index in [0.29, 0.717) is 0 Å². The zero-order valence-corrected chi connectivity index (χ0v) is 9.33. The van der Waals surface area contributed by atoms with Crippen LogP contribution in [0.5, 0.6) is 0 Å². The summed E-state index contributed by atoms with van der Waals surface area (Å²) in [5, 5.41) is 0. The van der Waals surface area contributed by atoms with Gasteiger partial charge in [0.2, 0.25) is 0 Å². The van der Waals surface area contributed by atoms with E-state index in [1.807, 2.05) is 25.1 Å². The van der Waals surface area contributed by atoms with Crippen LogP contribution >= 0.6 is 11.3 Å². The van der Waals surface area contributed by atoms with Gasteiger partial charge < -0.3 is 0 Å². The van der Waals surface area contributed by atoms with Gasteiger partial charge in [-0.05, 0) is 24.6 Å². The first-order valence-corrected chi connectivity index (χ1v) is 5.63. The Morgan fingerprint density at radius 1 is 1.13 bits per heavy atom. The second kappa shape index (κ2) is 4.57. The molecule has 15 heavy (non-hydrogen) atoms. The lowest BCUT2D eigenvalue weighted by molar-refractivity contribution is 0.0689. The Bertz CT molecular complexity index is 424. The van der Waals surface area contributed by atoms with Gasteiger partial charge in [0.1, 0.15) is 6.10 Å². The summed E-state index contributed by atoms with van der Waals surface area (Å²) in [7, 11) is 0. The summed E-state index contributed by atoms with van der Waals surface area (Å²) in [6.07, 6.45) is -0.0348. The standard InChI is InChI=1S/C12H13NOS/c1-9(14-13)11-7-8-12(15-11)10-5-3-2-4-6-10/h2-9H,13H2,1H3. The lowest BCUT2D eigenvalue weighted by atomic mass is 10.2. The van der Waals surface area contributed by atoms with Gasteiger partial charge in [-0.2, -0.15) is 0 Å². The third-order valence-corrected chi connectivity index (χ3v) is 3.59. The fourth-order valence-electron chi connectivity index (χ4n) is 1.40. The monoisotopic (exact) mass is 219 g/mol. The predicted octanol–water partition coefficient (Wildman–Crippen LogP) is 3.37. The predicted molar refractivity (Wildman–Crippen MR) is 63.4 cm³/mol. The van der Waals surface area contributed by atoms with Crippen LogP contribution in [0.3, 0.4) is 0 Å². The summed E-state index contributed by atoms with van der Waals surface area (Å²) < 4.78 is 0. The van der Waals surface area contributed by atoms with Crippen LogP contribution in [-0.2, 0) is 4.84 Å². The topological polar surface area (TPSA) is 35.2 Å². The van der Waals surface area contributed by atoms with Crippen LogP contribution in [0.4, 0.5) is 0 Å². The number of thiophene rings is 1. The maximum Gasteiger partial charge on any atom is 0.110 e. The highest BCUT2D eigenvalue weighted by molar-refractivity contribution is 7.15. The van der Waals surface area contributed by atoms with Gasteiger partial charge in [0.05, 0.1) is 0 Å². The molecule has 0 fully saturated rings. The summed E-state index contributed by atoms with van der Waals surface area (Å²) in [4.78, 5) is 7.19. The normalized spacial score (nSPS) is 12.7. The summed E-state index contributed by atoms with van der Waals surface area (Å²) in [5.41, 5.74) is 1.23. The van der Waals surface area contributed by atoms with Crippen molar-refractivity contribution in [1.29, 1.82) is 0 Å². The molecule has 1 atom stereocenters. The number of hydrogen-bond acceptors (Lipinski definition) is 3. The lowest BCUT2D eigenvalue weighted by Crippen LogP contribution is -2.03. The van der Waals surface area contributed by atoms with Gasteiger partial charge in [-0.25, -0.2) is 5.90 Å². The smallest absolute Gasteiger partial charge is 0.110 e. The molecule has 0 amide bonds. The molecule has 1 heterocycles. The fourth-order valence-corrected chi connectivity index (χ4v) is 2.40. The van der Waals surface area contributed by atoms with Crippen LogP contribution in [0.15, 0.2) is 42.5 Å². The Morgan fingerprint density at radius 3 is 2.53 bits per heavy atom. The minimum Gasteiger partial charge on any atom is -0.296 e. The van der Waals surface area contributed by atoms with E-state index in [1.54, 1.807) is 11.3 Å². The molecular formula is C12H13NOS. The Balaban J connectivity index is 2.28. The highest BCUT2D eigenvalue weighted by atomic mass is 32.1. The maximum absolute atomic E-state index is 5.16. The molecule has 2 aromatic rings. The van der Waals surface area contributed by atoms with E-state index in [9.17, 15) is 0 Å². The molecule has 0 saturated carbocycles. The van der Waals surface area contributed by atoms with Gasteiger partial charge in [0.25, 0.3) is 0 Å². The highest BCUT2D eigenvalue weighted by Crippen LogP contribution is 2.31. The molecule has 0 radical (unpaired) electrons. The van der Waals surface area contributed by atoms with Gasteiger partial charge in [0.15, 0.2) is 0 Å². The summed E-state index contributed by atoms with van der Waals surface area (Å²) in [6.45, 7) is 1.95. The lowest BCUT2D eigenvalue weighted by Gasteiger charge is -2.04. The van der Waals surface area contributed by atoms with E-state index >= 15 is 0 Å². The van der Waals surface area contributed by atoms with E-state index in [-0.39, 0.29) is 6.10 Å². The molecule has 1 aromatic carbocycles. The van der Waals surface area contributed by atoms with Crippen molar-refractivity contribution in [3.05, 3.63) is 47.3 Å². The minimum atomic E-state index is -0.0348. The number of hydrogen-bond donors (Lipinski definition) is 1. The van der Waals surface area contributed by atoms with Crippen molar-refractivity contribution in [2.75, 3.05) is 0 Å². The summed E-state index contributed by atoms with van der Waals surface area (Å²) in [5.74, 6) is 5.16. The van der Waals surface area contributed by atoms with Crippen LogP contribution in [-0.4, -0.2) is 0 Å². The minimum absolute atomic E-state index is 0.0348. The average molecular weight is 219 g/mol. The van der Waals surface area contributed by atoms with Crippen LogP contribution in [0.25, 0.3) is 10.4 Å². The van der Waals surface area contributed by atoms with Crippen molar-refractivity contribution in [3.63, 3.8) is 0 Å². The van der Waals surface area contributed by atoms with E-state index in [1.165, 1.54) is 10.4 Å². The molecular weight excluding hydrogens is 206 g/mol. The first-order chi connectivity index (χ1) is 7.31. The van der Waals surface area contributed by atoms with Gasteiger partial charge in [-0.15, -0.1) is 11.3 Å². The quantitative estimate of drug-likeness (QED) is 0.803. The van der Waals surface area contributed by atoms with Crippen LogP contribution in [0.1, 0.15) is 17.9 Å². The average Bonchev–Trinajstić information content (AvgIpc) is 2.78. The summed E-state index contributed by atoms with van der Waals surface area (Å²) >= 11 is 1.71. The fraction of sp³-hybridized carbons (Fsp3) is 0.167. The van der Waals surface area contributed by atoms with E-state index in [2.05, 4.69) is 24.3 Å². The molecule has 3 heteroatoms. The van der Waals surface area contributed by atoms with Crippen molar-refractivity contribution in [1.82, 2.24) is 0 Å². The van der Waals surface area contributed by atoms with Crippen molar-refractivity contribution >= 4 is 11.3 Å². The van der Waals surface area contributed by atoms with Crippen molar-refractivity contribution < 1.29 is 4.84 Å². The van der Waals surface area contributed by atoms with Crippen LogP contribution in [0, 0.1) is 0 Å². The first kappa shape index (κ1) is 10.4. The van der Waals surface area contributed by atoms with Gasteiger partial charge in [0, 0.05) is 9.75 Å². The molecule has 2 nitrogen and oxygen atoms in total. The molecule has 0 aliphatic carbocycles. The molecule has 0 saturated heterocycles. The molecule has 0 aliphatic heterocycles. The Labute approximate surface area is 93.3 Å². The Morgan fingerprint density at radius 2 is 1.87 bits per heavy atom. The highest BCUT2D eigenvalue weighted by Gasteiger charge is 2.08. The molecule has 1 unspecified atom stereocenters. The zero-order chi connectivity index (χ0) is 10.7. The summed E-state index contributed by atoms with van der Waals surface area (Å²) in [6, 6.07) is 14.5. The second-order valence-corrected chi connectivity index (χ2v) is 4.46. The van der Waals surface area contributed by atoms with E-state index < -0.39 is 0 Å². The number of nitrogens with two attached hydrogens (primary N) is 1. The molecule has 0 aliphatic rings. The first-order valence-electron chi connectivity index (χ1n) is 4.82. The third kappa shape index (κ3) is 2.26. The second-order valence-electron chi connectivity index (χ2n) is 3.35.